The van der Waals surface area contributed by atoms with Crippen molar-refractivity contribution in [3.05, 3.63) is 42.0 Å². The van der Waals surface area contributed by atoms with Gasteiger partial charge in [-0.3, -0.25) is 19.5 Å². The van der Waals surface area contributed by atoms with Crippen molar-refractivity contribution in [3.8, 4) is 0 Å². The number of hydrogen-bond acceptors (Lipinski definition) is 7. The summed E-state index contributed by atoms with van der Waals surface area (Å²) in [6.07, 6.45) is 6.43. The van der Waals surface area contributed by atoms with Crippen molar-refractivity contribution in [1.29, 1.82) is 0 Å². The molecule has 2 saturated heterocycles. The molecule has 0 aromatic carbocycles. The summed E-state index contributed by atoms with van der Waals surface area (Å²) in [6, 6.07) is 4.65. The van der Waals surface area contributed by atoms with Crippen LogP contribution in [0, 0.1) is 11.3 Å². The number of rotatable bonds is 8. The van der Waals surface area contributed by atoms with Crippen LogP contribution in [-0.4, -0.2) is 85.0 Å². The fraction of sp³-hybridized carbons (Fsp3) is 0.667. The van der Waals surface area contributed by atoms with Gasteiger partial charge in [0.2, 0.25) is 11.8 Å². The highest BCUT2D eigenvalue weighted by Gasteiger charge is 2.45. The number of aliphatic hydroxyl groups is 1. The molecule has 3 unspecified atom stereocenters. The number of nitrogens with zero attached hydrogens (tertiary/aromatic N) is 6. The fourth-order valence-corrected chi connectivity index (χ4v) is 5.63. The van der Waals surface area contributed by atoms with Crippen LogP contribution in [0.15, 0.2) is 30.6 Å². The minimum atomic E-state index is -0.724. The quantitative estimate of drug-likeness (QED) is 0.557. The summed E-state index contributed by atoms with van der Waals surface area (Å²) in [6.45, 7) is 9.36. The van der Waals surface area contributed by atoms with Gasteiger partial charge in [0.05, 0.1) is 17.5 Å². The van der Waals surface area contributed by atoms with Crippen LogP contribution in [0.3, 0.4) is 0 Å². The zero-order valence-electron chi connectivity index (χ0n) is 22.1. The number of aliphatic hydroxyl groups excluding tert-OH is 1. The first-order valence-corrected chi connectivity index (χ1v) is 13.5. The van der Waals surface area contributed by atoms with Crippen LogP contribution in [0.25, 0.3) is 0 Å². The molecule has 1 saturated carbocycles. The summed E-state index contributed by atoms with van der Waals surface area (Å²) in [4.78, 5) is 35.4. The smallest absolute Gasteiger partial charge is 0.248 e. The molecule has 0 bridgehead atoms. The molecule has 4 atom stereocenters. The zero-order chi connectivity index (χ0) is 26.2. The number of amides is 2. The minimum absolute atomic E-state index is 0.148. The van der Waals surface area contributed by atoms with Gasteiger partial charge in [0.1, 0.15) is 12.1 Å². The van der Waals surface area contributed by atoms with Crippen molar-refractivity contribution in [2.24, 2.45) is 11.3 Å². The Bertz CT molecular complexity index is 1090. The number of carbonyl (C=O) groups excluding carboxylic acids is 2. The minimum Gasteiger partial charge on any atom is -0.391 e. The van der Waals surface area contributed by atoms with Gasteiger partial charge in [-0.25, -0.2) is 4.68 Å². The maximum atomic E-state index is 13.9. The van der Waals surface area contributed by atoms with E-state index >= 15 is 0 Å². The fourth-order valence-electron chi connectivity index (χ4n) is 5.63. The van der Waals surface area contributed by atoms with Gasteiger partial charge in [0, 0.05) is 50.9 Å². The SMILES string of the molecule is CC(C)(C)[C@H](C(=O)N1CC(O)CC1C(=O)NCC1CCN(Cc2ccccn2)C1)n1cc(C2CC2)nn1. The second kappa shape index (κ2) is 10.5. The number of likely N-dealkylation sites (tertiary alicyclic amines) is 2. The van der Waals surface area contributed by atoms with Gasteiger partial charge < -0.3 is 15.3 Å². The Balaban J connectivity index is 1.20. The molecule has 3 fully saturated rings. The Morgan fingerprint density at radius 2 is 2.00 bits per heavy atom. The molecule has 200 valence electrons. The van der Waals surface area contributed by atoms with Crippen LogP contribution in [0.1, 0.15) is 69.8 Å². The Morgan fingerprint density at radius 1 is 1.19 bits per heavy atom. The van der Waals surface area contributed by atoms with Crippen LogP contribution in [-0.2, 0) is 16.1 Å². The highest BCUT2D eigenvalue weighted by molar-refractivity contribution is 5.90. The van der Waals surface area contributed by atoms with E-state index in [0.717, 1.165) is 50.3 Å². The molecule has 37 heavy (non-hydrogen) atoms. The second-order valence-corrected chi connectivity index (χ2v) is 12.0. The monoisotopic (exact) mass is 509 g/mol. The van der Waals surface area contributed by atoms with E-state index < -0.39 is 23.6 Å². The summed E-state index contributed by atoms with van der Waals surface area (Å²) < 4.78 is 1.66. The van der Waals surface area contributed by atoms with E-state index in [0.29, 0.717) is 18.4 Å². The average molecular weight is 510 g/mol. The Kier molecular flexibility index (Phi) is 7.31. The van der Waals surface area contributed by atoms with E-state index in [1.807, 2.05) is 51.4 Å². The highest BCUT2D eigenvalue weighted by Crippen LogP contribution is 2.40. The molecule has 2 aromatic rings. The van der Waals surface area contributed by atoms with Gasteiger partial charge in [-0.15, -0.1) is 5.10 Å². The van der Waals surface area contributed by atoms with E-state index in [1.54, 1.807) is 9.58 Å². The number of nitrogens with one attached hydrogen (secondary N) is 1. The third kappa shape index (κ3) is 6.01. The third-order valence-corrected chi connectivity index (χ3v) is 7.75. The molecule has 10 heteroatoms. The lowest BCUT2D eigenvalue weighted by Gasteiger charge is -2.34. The Hall–Kier alpha value is -2.85. The highest BCUT2D eigenvalue weighted by atomic mass is 16.3. The lowest BCUT2D eigenvalue weighted by atomic mass is 9.85. The predicted molar refractivity (Wildman–Crippen MR) is 137 cm³/mol. The molecule has 2 aliphatic heterocycles. The average Bonchev–Trinajstić information content (AvgIpc) is 3.23. The Labute approximate surface area is 218 Å². The van der Waals surface area contributed by atoms with Crippen molar-refractivity contribution < 1.29 is 14.7 Å². The van der Waals surface area contributed by atoms with Gasteiger partial charge in [0.15, 0.2) is 0 Å². The first-order chi connectivity index (χ1) is 17.7. The second-order valence-electron chi connectivity index (χ2n) is 12.0. The lowest BCUT2D eigenvalue weighted by molar-refractivity contribution is -0.144. The van der Waals surface area contributed by atoms with Crippen molar-refractivity contribution in [2.75, 3.05) is 26.2 Å². The van der Waals surface area contributed by atoms with E-state index in [-0.39, 0.29) is 24.8 Å². The van der Waals surface area contributed by atoms with E-state index in [2.05, 4.69) is 25.5 Å². The normalized spacial score (nSPS) is 25.4. The van der Waals surface area contributed by atoms with Gasteiger partial charge in [-0.05, 0) is 49.3 Å². The molecule has 2 N–H and O–H groups in total. The molecule has 2 amide bonds. The Morgan fingerprint density at radius 3 is 2.70 bits per heavy atom. The molecule has 1 aliphatic carbocycles. The first kappa shape index (κ1) is 25.8. The molecule has 4 heterocycles. The van der Waals surface area contributed by atoms with E-state index in [4.69, 9.17) is 0 Å². The summed E-state index contributed by atoms with van der Waals surface area (Å²) in [5.74, 6) is 0.394. The first-order valence-electron chi connectivity index (χ1n) is 13.5. The molecule has 10 nitrogen and oxygen atoms in total. The molecular formula is C27H39N7O3. The van der Waals surface area contributed by atoms with Crippen molar-refractivity contribution in [1.82, 2.24) is 35.1 Å². The van der Waals surface area contributed by atoms with Gasteiger partial charge in [-0.2, -0.15) is 0 Å². The molecule has 2 aromatic heterocycles. The molecule has 3 aliphatic rings. The summed E-state index contributed by atoms with van der Waals surface area (Å²) in [7, 11) is 0. The topological polar surface area (TPSA) is 116 Å². The van der Waals surface area contributed by atoms with Crippen molar-refractivity contribution in [2.45, 2.75) is 77.1 Å². The van der Waals surface area contributed by atoms with E-state index in [9.17, 15) is 14.7 Å². The number of β-amino-alcohol motifs (C(OH)–C–C–N with tert-alkyl or cyclic N) is 1. The number of aromatic nitrogens is 4. The number of hydrogen-bond donors (Lipinski definition) is 2. The summed E-state index contributed by atoms with van der Waals surface area (Å²) >= 11 is 0. The van der Waals surface area contributed by atoms with Gasteiger partial charge in [0.25, 0.3) is 0 Å². The van der Waals surface area contributed by atoms with Crippen LogP contribution in [0.4, 0.5) is 0 Å². The number of carbonyl (C=O) groups is 2. The molecular weight excluding hydrogens is 470 g/mol. The van der Waals surface area contributed by atoms with Gasteiger partial charge in [-0.1, -0.05) is 32.1 Å². The standard InChI is InChI=1S/C27H39N7O3/c1-27(2,3)24(34-17-22(30-31-34)19-7-8-19)26(37)33-16-21(35)12-23(33)25(36)29-13-18-9-11-32(14-18)15-20-6-4-5-10-28-20/h4-6,10,17-19,21,23-24,35H,7-9,11-16H2,1-3H3,(H,29,36)/t18?,21?,23?,24-/m0/s1. The van der Waals surface area contributed by atoms with Crippen LogP contribution in [0.2, 0.25) is 0 Å². The van der Waals surface area contributed by atoms with Crippen LogP contribution >= 0.6 is 0 Å². The maximum Gasteiger partial charge on any atom is 0.248 e. The van der Waals surface area contributed by atoms with E-state index in [1.165, 1.54) is 0 Å². The maximum absolute atomic E-state index is 13.9. The lowest BCUT2D eigenvalue weighted by Crippen LogP contribution is -2.51. The predicted octanol–water partition coefficient (Wildman–Crippen LogP) is 1.74. The number of pyridine rings is 1. The summed E-state index contributed by atoms with van der Waals surface area (Å²) in [5.41, 5.74) is 1.53. The molecule has 0 spiro atoms. The largest absolute Gasteiger partial charge is 0.391 e. The zero-order valence-corrected chi connectivity index (χ0v) is 22.1. The van der Waals surface area contributed by atoms with Crippen molar-refractivity contribution in [3.63, 3.8) is 0 Å². The molecule has 0 radical (unpaired) electrons. The van der Waals surface area contributed by atoms with Crippen LogP contribution < -0.4 is 5.32 Å². The third-order valence-electron chi connectivity index (χ3n) is 7.75. The summed E-state index contributed by atoms with van der Waals surface area (Å²) in [5, 5.41) is 22.1. The van der Waals surface area contributed by atoms with Gasteiger partial charge >= 0.3 is 0 Å². The molecule has 5 rings (SSSR count). The van der Waals surface area contributed by atoms with Crippen LogP contribution in [0.5, 0.6) is 0 Å². The van der Waals surface area contributed by atoms with Crippen molar-refractivity contribution >= 4 is 11.8 Å².